The Bertz CT molecular complexity index is 762. The van der Waals surface area contributed by atoms with E-state index in [9.17, 15) is 0 Å². The first-order valence-electron chi connectivity index (χ1n) is 7.43. The number of nitrogens with zero attached hydrogens (tertiary/aromatic N) is 1. The Morgan fingerprint density at radius 2 is 1.29 bits per heavy atom. The molecule has 0 aliphatic carbocycles. The van der Waals surface area contributed by atoms with Crippen molar-refractivity contribution in [3.05, 3.63) is 84.4 Å². The molecule has 21 heavy (non-hydrogen) atoms. The van der Waals surface area contributed by atoms with E-state index < -0.39 is 0 Å². The fourth-order valence-corrected chi connectivity index (χ4v) is 3.16. The van der Waals surface area contributed by atoms with Crippen molar-refractivity contribution in [1.29, 1.82) is 0 Å². The van der Waals surface area contributed by atoms with Crippen molar-refractivity contribution in [2.45, 2.75) is 6.42 Å². The van der Waals surface area contributed by atoms with Crippen molar-refractivity contribution < 1.29 is 0 Å². The van der Waals surface area contributed by atoms with Crippen LogP contribution in [0.5, 0.6) is 0 Å². The van der Waals surface area contributed by atoms with E-state index in [-0.39, 0.29) is 0 Å². The summed E-state index contributed by atoms with van der Waals surface area (Å²) in [5, 5.41) is 0. The van der Waals surface area contributed by atoms with Gasteiger partial charge in [0, 0.05) is 23.5 Å². The molecule has 0 unspecified atom stereocenters. The Kier molecular flexibility index (Phi) is 2.97. The fraction of sp³-hybridized carbons (Fsp3) is 0.100. The van der Waals surface area contributed by atoms with Gasteiger partial charge in [0.05, 0.1) is 0 Å². The van der Waals surface area contributed by atoms with Gasteiger partial charge in [-0.05, 0) is 29.7 Å². The van der Waals surface area contributed by atoms with Gasteiger partial charge < -0.3 is 4.90 Å². The van der Waals surface area contributed by atoms with E-state index in [4.69, 9.17) is 0 Å². The minimum atomic E-state index is 1.06. The van der Waals surface area contributed by atoms with Crippen LogP contribution in [0.15, 0.2) is 78.9 Å². The lowest BCUT2D eigenvalue weighted by Gasteiger charge is -2.23. The van der Waals surface area contributed by atoms with Crippen LogP contribution in [0.1, 0.15) is 5.56 Å². The van der Waals surface area contributed by atoms with Crippen molar-refractivity contribution in [1.82, 2.24) is 0 Å². The van der Waals surface area contributed by atoms with Gasteiger partial charge in [0.25, 0.3) is 0 Å². The molecule has 1 heterocycles. The first-order valence-corrected chi connectivity index (χ1v) is 7.43. The molecule has 1 aliphatic heterocycles. The second-order valence-electron chi connectivity index (χ2n) is 5.41. The second kappa shape index (κ2) is 5.10. The minimum absolute atomic E-state index is 1.06. The van der Waals surface area contributed by atoms with Crippen molar-refractivity contribution in [3.63, 3.8) is 0 Å². The van der Waals surface area contributed by atoms with Crippen LogP contribution in [-0.2, 0) is 6.42 Å². The number of para-hydroxylation sites is 2. The standard InChI is InChI=1S/C20H17N/c1-2-8-16(9-3-1)18-11-5-7-13-20(18)21-15-14-17-10-4-6-12-19(17)21/h1-13H,14-15H2. The van der Waals surface area contributed by atoms with E-state index in [2.05, 4.69) is 83.8 Å². The molecule has 0 atom stereocenters. The zero-order chi connectivity index (χ0) is 14.1. The topological polar surface area (TPSA) is 3.24 Å². The molecule has 0 N–H and O–H groups in total. The summed E-state index contributed by atoms with van der Waals surface area (Å²) in [6.07, 6.45) is 1.12. The number of fused-ring (bicyclic) bond motifs is 1. The highest BCUT2D eigenvalue weighted by Gasteiger charge is 2.21. The lowest BCUT2D eigenvalue weighted by Crippen LogP contribution is -2.14. The molecule has 3 aromatic rings. The normalized spacial score (nSPS) is 13.2. The number of hydrogen-bond donors (Lipinski definition) is 0. The van der Waals surface area contributed by atoms with Crippen LogP contribution in [0.4, 0.5) is 11.4 Å². The van der Waals surface area contributed by atoms with Gasteiger partial charge in [-0.15, -0.1) is 0 Å². The largest absolute Gasteiger partial charge is 0.340 e. The van der Waals surface area contributed by atoms with Gasteiger partial charge in [0.15, 0.2) is 0 Å². The zero-order valence-corrected chi connectivity index (χ0v) is 11.9. The summed E-state index contributed by atoms with van der Waals surface area (Å²) in [6.45, 7) is 1.06. The molecule has 0 spiro atoms. The molecule has 0 fully saturated rings. The molecule has 4 rings (SSSR count). The highest BCUT2D eigenvalue weighted by Crippen LogP contribution is 2.39. The predicted octanol–water partition coefficient (Wildman–Crippen LogP) is 5.05. The first kappa shape index (κ1) is 12.2. The average Bonchev–Trinajstić information content (AvgIpc) is 3.00. The van der Waals surface area contributed by atoms with Crippen molar-refractivity contribution in [2.24, 2.45) is 0 Å². The molecule has 1 heteroatoms. The van der Waals surface area contributed by atoms with Crippen LogP contribution in [0.2, 0.25) is 0 Å². The summed E-state index contributed by atoms with van der Waals surface area (Å²) in [7, 11) is 0. The summed E-state index contributed by atoms with van der Waals surface area (Å²) in [4.78, 5) is 2.44. The maximum absolute atomic E-state index is 2.44. The van der Waals surface area contributed by atoms with E-state index in [1.165, 1.54) is 28.1 Å². The van der Waals surface area contributed by atoms with E-state index in [0.29, 0.717) is 0 Å². The number of anilines is 2. The number of rotatable bonds is 2. The summed E-state index contributed by atoms with van der Waals surface area (Å²) in [6, 6.07) is 28.0. The molecule has 1 aliphatic rings. The van der Waals surface area contributed by atoms with E-state index >= 15 is 0 Å². The lowest BCUT2D eigenvalue weighted by atomic mass is 10.0. The Labute approximate surface area is 125 Å². The van der Waals surface area contributed by atoms with Crippen molar-refractivity contribution in [2.75, 3.05) is 11.4 Å². The van der Waals surface area contributed by atoms with Crippen LogP contribution in [0, 0.1) is 0 Å². The molecule has 0 bridgehead atoms. The lowest BCUT2D eigenvalue weighted by molar-refractivity contribution is 0.999. The molecule has 0 radical (unpaired) electrons. The maximum atomic E-state index is 2.44. The van der Waals surface area contributed by atoms with Crippen molar-refractivity contribution in [3.8, 4) is 11.1 Å². The van der Waals surface area contributed by atoms with Crippen LogP contribution < -0.4 is 4.90 Å². The predicted molar refractivity (Wildman–Crippen MR) is 89.0 cm³/mol. The Morgan fingerprint density at radius 3 is 2.14 bits per heavy atom. The van der Waals surface area contributed by atoms with Gasteiger partial charge in [-0.3, -0.25) is 0 Å². The average molecular weight is 271 g/mol. The minimum Gasteiger partial charge on any atom is -0.340 e. The molecule has 0 amide bonds. The summed E-state index contributed by atoms with van der Waals surface area (Å²) in [5.74, 6) is 0. The van der Waals surface area contributed by atoms with Gasteiger partial charge in [-0.2, -0.15) is 0 Å². The fourth-order valence-electron chi connectivity index (χ4n) is 3.16. The Hall–Kier alpha value is -2.54. The second-order valence-corrected chi connectivity index (χ2v) is 5.41. The number of hydrogen-bond acceptors (Lipinski definition) is 1. The third-order valence-electron chi connectivity index (χ3n) is 4.17. The molecule has 0 saturated carbocycles. The highest BCUT2D eigenvalue weighted by molar-refractivity contribution is 5.84. The number of benzene rings is 3. The molecular formula is C20H17N. The van der Waals surface area contributed by atoms with Gasteiger partial charge >= 0.3 is 0 Å². The summed E-state index contributed by atoms with van der Waals surface area (Å²) >= 11 is 0. The first-order chi connectivity index (χ1) is 10.4. The third kappa shape index (κ3) is 2.11. The molecule has 0 saturated heterocycles. The highest BCUT2D eigenvalue weighted by atomic mass is 15.2. The van der Waals surface area contributed by atoms with E-state index in [1.54, 1.807) is 0 Å². The van der Waals surface area contributed by atoms with E-state index in [1.807, 2.05) is 0 Å². The Balaban J connectivity index is 1.84. The van der Waals surface area contributed by atoms with Gasteiger partial charge in [-0.1, -0.05) is 66.7 Å². The van der Waals surface area contributed by atoms with Crippen LogP contribution in [-0.4, -0.2) is 6.54 Å². The molecule has 0 aromatic heterocycles. The van der Waals surface area contributed by atoms with Gasteiger partial charge in [0.2, 0.25) is 0 Å². The zero-order valence-electron chi connectivity index (χ0n) is 11.9. The monoisotopic (exact) mass is 271 g/mol. The molecule has 3 aromatic carbocycles. The van der Waals surface area contributed by atoms with Crippen LogP contribution >= 0.6 is 0 Å². The maximum Gasteiger partial charge on any atom is 0.0490 e. The molecular weight excluding hydrogens is 254 g/mol. The summed E-state index contributed by atoms with van der Waals surface area (Å²) < 4.78 is 0. The summed E-state index contributed by atoms with van der Waals surface area (Å²) in [5.41, 5.74) is 6.67. The SMILES string of the molecule is c1ccc(-c2ccccc2N2CCc3ccccc32)cc1. The van der Waals surface area contributed by atoms with Crippen LogP contribution in [0.25, 0.3) is 11.1 Å². The van der Waals surface area contributed by atoms with Gasteiger partial charge in [0.1, 0.15) is 0 Å². The molecule has 102 valence electrons. The Morgan fingerprint density at radius 1 is 0.619 bits per heavy atom. The smallest absolute Gasteiger partial charge is 0.0490 e. The van der Waals surface area contributed by atoms with Crippen molar-refractivity contribution >= 4 is 11.4 Å². The van der Waals surface area contributed by atoms with Gasteiger partial charge in [-0.25, -0.2) is 0 Å². The van der Waals surface area contributed by atoms with Crippen LogP contribution in [0.3, 0.4) is 0 Å². The quantitative estimate of drug-likeness (QED) is 0.630. The molecule has 1 nitrogen and oxygen atoms in total. The third-order valence-corrected chi connectivity index (χ3v) is 4.17. The van der Waals surface area contributed by atoms with E-state index in [0.717, 1.165) is 13.0 Å².